The van der Waals surface area contributed by atoms with Crippen LogP contribution in [-0.4, -0.2) is 70.5 Å². The second-order valence-electron chi connectivity index (χ2n) is 6.59. The van der Waals surface area contributed by atoms with Crippen LogP contribution in [0.3, 0.4) is 0 Å². The lowest BCUT2D eigenvalue weighted by Gasteiger charge is -2.29. The van der Waals surface area contributed by atoms with Crippen molar-refractivity contribution in [1.82, 2.24) is 20.0 Å². The summed E-state index contributed by atoms with van der Waals surface area (Å²) in [6, 6.07) is 6.36. The topological polar surface area (TPSA) is 145 Å². The zero-order valence-corrected chi connectivity index (χ0v) is 16.3. The molecule has 3 rings (SSSR count). The first kappa shape index (κ1) is 20.5. The normalized spacial score (nSPS) is 16.8. The largest absolute Gasteiger partial charge is 0.339 e. The molecule has 1 atom stereocenters. The van der Waals surface area contributed by atoms with E-state index in [1.807, 2.05) is 0 Å². The quantitative estimate of drug-likeness (QED) is 0.534. The molecular weight excluding hydrogens is 402 g/mol. The van der Waals surface area contributed by atoms with E-state index in [9.17, 15) is 28.1 Å². The van der Waals surface area contributed by atoms with Gasteiger partial charge in [-0.25, -0.2) is 13.1 Å². The Kier molecular flexibility index (Phi) is 5.64. The molecule has 11 nitrogen and oxygen atoms in total. The van der Waals surface area contributed by atoms with Crippen LogP contribution in [0.5, 0.6) is 0 Å². The smallest absolute Gasteiger partial charge is 0.272 e. The fourth-order valence-electron chi connectivity index (χ4n) is 2.88. The molecule has 29 heavy (non-hydrogen) atoms. The Balaban J connectivity index is 1.65. The third-order valence-electron chi connectivity index (χ3n) is 4.50. The van der Waals surface area contributed by atoms with Crippen molar-refractivity contribution in [2.45, 2.75) is 13.0 Å². The summed E-state index contributed by atoms with van der Waals surface area (Å²) < 4.78 is 24.3. The predicted molar refractivity (Wildman–Crippen MR) is 102 cm³/mol. The van der Waals surface area contributed by atoms with Crippen molar-refractivity contribution in [1.29, 1.82) is 0 Å². The van der Waals surface area contributed by atoms with Crippen LogP contribution in [0.25, 0.3) is 5.69 Å². The lowest BCUT2D eigenvalue weighted by molar-refractivity contribution is -0.384. The van der Waals surface area contributed by atoms with Gasteiger partial charge in [0.1, 0.15) is 6.04 Å². The van der Waals surface area contributed by atoms with Crippen molar-refractivity contribution >= 4 is 27.3 Å². The summed E-state index contributed by atoms with van der Waals surface area (Å²) in [5.41, 5.74) is 0.348. The molecule has 0 spiro atoms. The molecule has 2 heterocycles. The van der Waals surface area contributed by atoms with Gasteiger partial charge in [0.15, 0.2) is 15.5 Å². The number of nitrogens with one attached hydrogen (secondary N) is 1. The van der Waals surface area contributed by atoms with Gasteiger partial charge in [0, 0.05) is 31.4 Å². The van der Waals surface area contributed by atoms with Gasteiger partial charge in [-0.3, -0.25) is 19.7 Å². The summed E-state index contributed by atoms with van der Waals surface area (Å²) >= 11 is 0. The van der Waals surface area contributed by atoms with Gasteiger partial charge in [0.2, 0.25) is 5.91 Å². The van der Waals surface area contributed by atoms with E-state index in [2.05, 4.69) is 10.4 Å². The molecule has 1 aliphatic heterocycles. The Bertz CT molecular complexity index is 1050. The zero-order valence-electron chi connectivity index (χ0n) is 15.5. The number of nitro benzene ring substituents is 1. The predicted octanol–water partition coefficient (Wildman–Crippen LogP) is 0.156. The SMILES string of the molecule is CC(NC(=O)c1ccn(-c2cccc([N+](=O)[O-])c2)n1)C(=O)N1CCS(=O)(=O)CC1. The molecule has 1 saturated heterocycles. The number of aromatic nitrogens is 2. The Morgan fingerprint density at radius 1 is 1.24 bits per heavy atom. The van der Waals surface area contributed by atoms with Crippen LogP contribution >= 0.6 is 0 Å². The summed E-state index contributed by atoms with van der Waals surface area (Å²) in [7, 11) is -3.11. The minimum atomic E-state index is -3.11. The van der Waals surface area contributed by atoms with E-state index < -0.39 is 26.7 Å². The minimum absolute atomic E-state index is 0.0392. The molecule has 0 bridgehead atoms. The van der Waals surface area contributed by atoms with Crippen molar-refractivity contribution in [3.63, 3.8) is 0 Å². The Labute approximate surface area is 166 Å². The number of amides is 2. The first-order chi connectivity index (χ1) is 13.7. The van der Waals surface area contributed by atoms with E-state index in [0.29, 0.717) is 5.69 Å². The molecule has 1 aliphatic rings. The highest BCUT2D eigenvalue weighted by atomic mass is 32.2. The van der Waals surface area contributed by atoms with Gasteiger partial charge < -0.3 is 10.2 Å². The highest BCUT2D eigenvalue weighted by molar-refractivity contribution is 7.91. The number of nitro groups is 1. The molecule has 2 amide bonds. The Morgan fingerprint density at radius 3 is 2.59 bits per heavy atom. The molecule has 1 N–H and O–H groups in total. The van der Waals surface area contributed by atoms with E-state index in [1.54, 1.807) is 6.07 Å². The third-order valence-corrected chi connectivity index (χ3v) is 6.11. The van der Waals surface area contributed by atoms with Crippen molar-refractivity contribution < 1.29 is 22.9 Å². The molecule has 0 saturated carbocycles. The van der Waals surface area contributed by atoms with Gasteiger partial charge in [-0.2, -0.15) is 5.10 Å². The van der Waals surface area contributed by atoms with E-state index in [0.717, 1.165) is 0 Å². The number of hydrogen-bond acceptors (Lipinski definition) is 7. The number of sulfone groups is 1. The molecule has 0 aliphatic carbocycles. The molecular formula is C17H19N5O6S. The minimum Gasteiger partial charge on any atom is -0.339 e. The number of hydrogen-bond donors (Lipinski definition) is 1. The van der Waals surface area contributed by atoms with Crippen molar-refractivity contribution in [3.05, 3.63) is 52.3 Å². The molecule has 1 aromatic carbocycles. The summed E-state index contributed by atoms with van der Waals surface area (Å²) in [5.74, 6) is -1.13. The number of rotatable bonds is 5. The van der Waals surface area contributed by atoms with Gasteiger partial charge >= 0.3 is 0 Å². The summed E-state index contributed by atoms with van der Waals surface area (Å²) in [4.78, 5) is 36.6. The molecule has 2 aromatic rings. The number of benzene rings is 1. The van der Waals surface area contributed by atoms with Gasteiger partial charge in [-0.05, 0) is 19.1 Å². The molecule has 0 radical (unpaired) electrons. The Morgan fingerprint density at radius 2 is 1.93 bits per heavy atom. The van der Waals surface area contributed by atoms with Crippen LogP contribution in [0.15, 0.2) is 36.5 Å². The lowest BCUT2D eigenvalue weighted by Crippen LogP contribution is -2.51. The number of carbonyl (C=O) groups excluding carboxylic acids is 2. The molecule has 12 heteroatoms. The van der Waals surface area contributed by atoms with Crippen LogP contribution in [0, 0.1) is 10.1 Å². The van der Waals surface area contributed by atoms with E-state index in [1.165, 1.54) is 47.0 Å². The molecule has 154 valence electrons. The van der Waals surface area contributed by atoms with E-state index in [4.69, 9.17) is 0 Å². The average molecular weight is 421 g/mol. The van der Waals surface area contributed by atoms with Gasteiger partial charge in [0.25, 0.3) is 11.6 Å². The molecule has 1 fully saturated rings. The summed E-state index contributed by atoms with van der Waals surface area (Å²) in [6.45, 7) is 1.71. The fourth-order valence-corrected chi connectivity index (χ4v) is 4.08. The monoisotopic (exact) mass is 421 g/mol. The fraction of sp³-hybridized carbons (Fsp3) is 0.353. The highest BCUT2D eigenvalue weighted by Crippen LogP contribution is 2.16. The number of non-ortho nitro benzene ring substituents is 1. The van der Waals surface area contributed by atoms with Crippen LogP contribution in [0.2, 0.25) is 0 Å². The van der Waals surface area contributed by atoms with Gasteiger partial charge in [0.05, 0.1) is 22.1 Å². The first-order valence-corrected chi connectivity index (χ1v) is 10.6. The zero-order chi connectivity index (χ0) is 21.2. The molecule has 1 aromatic heterocycles. The first-order valence-electron chi connectivity index (χ1n) is 8.77. The van der Waals surface area contributed by atoms with Gasteiger partial charge in [-0.1, -0.05) is 6.07 Å². The van der Waals surface area contributed by atoms with E-state index in [-0.39, 0.29) is 41.9 Å². The standard InChI is InChI=1S/C17H19N5O6S/c1-12(17(24)20-7-9-29(27,28)10-8-20)18-16(23)15-5-6-21(19-15)13-3-2-4-14(11-13)22(25)26/h2-6,11-12H,7-10H2,1H3,(H,18,23). The maximum Gasteiger partial charge on any atom is 0.272 e. The highest BCUT2D eigenvalue weighted by Gasteiger charge is 2.29. The maximum atomic E-state index is 12.4. The van der Waals surface area contributed by atoms with Crippen LogP contribution in [0.1, 0.15) is 17.4 Å². The van der Waals surface area contributed by atoms with Crippen molar-refractivity contribution in [2.24, 2.45) is 0 Å². The van der Waals surface area contributed by atoms with Crippen LogP contribution in [-0.2, 0) is 14.6 Å². The van der Waals surface area contributed by atoms with E-state index >= 15 is 0 Å². The van der Waals surface area contributed by atoms with Crippen LogP contribution in [0.4, 0.5) is 5.69 Å². The number of carbonyl (C=O) groups is 2. The summed E-state index contributed by atoms with van der Waals surface area (Å²) in [6.07, 6.45) is 1.48. The van der Waals surface area contributed by atoms with Crippen molar-refractivity contribution in [3.8, 4) is 5.69 Å². The number of nitrogens with zero attached hydrogens (tertiary/aromatic N) is 4. The van der Waals surface area contributed by atoms with Gasteiger partial charge in [-0.15, -0.1) is 0 Å². The maximum absolute atomic E-state index is 12.4. The second kappa shape index (κ2) is 7.99. The average Bonchev–Trinajstić information content (AvgIpc) is 3.18. The third kappa shape index (κ3) is 4.77. The summed E-state index contributed by atoms with van der Waals surface area (Å²) in [5, 5.41) is 17.5. The van der Waals surface area contributed by atoms with Crippen molar-refractivity contribution in [2.75, 3.05) is 24.6 Å². The Hall–Kier alpha value is -3.28. The van der Waals surface area contributed by atoms with Crippen LogP contribution < -0.4 is 5.32 Å². The lowest BCUT2D eigenvalue weighted by atomic mass is 10.2. The molecule has 1 unspecified atom stereocenters. The second-order valence-corrected chi connectivity index (χ2v) is 8.90.